The second kappa shape index (κ2) is 33.0. The summed E-state index contributed by atoms with van der Waals surface area (Å²) in [6.45, 7) is 1.93. The fourth-order valence-electron chi connectivity index (χ4n) is 0.755. The molecule has 0 radical (unpaired) electrons. The van der Waals surface area contributed by atoms with Crippen molar-refractivity contribution in [2.24, 2.45) is 0 Å². The van der Waals surface area contributed by atoms with Gasteiger partial charge in [0, 0.05) is 50.0 Å². The van der Waals surface area contributed by atoms with E-state index in [9.17, 15) is 9.59 Å². The molecule has 0 aliphatic heterocycles. The van der Waals surface area contributed by atoms with E-state index in [4.69, 9.17) is 15.3 Å². The third-order valence-corrected chi connectivity index (χ3v) is 1.38. The van der Waals surface area contributed by atoms with Crippen molar-refractivity contribution in [2.45, 2.75) is 6.92 Å². The van der Waals surface area contributed by atoms with Crippen LogP contribution in [0.4, 0.5) is 0 Å². The monoisotopic (exact) mass is 416 g/mol. The molecule has 1 aromatic rings. The molecular formula is C10H24O11Ti2. The maximum atomic E-state index is 10.3. The van der Waals surface area contributed by atoms with E-state index in [2.05, 4.69) is 0 Å². The topological polar surface area (TPSA) is 284 Å². The molecule has 13 heteroatoms. The first-order valence-electron chi connectivity index (χ1n) is 4.20. The second-order valence-corrected chi connectivity index (χ2v) is 2.50. The van der Waals surface area contributed by atoms with Gasteiger partial charge in [-0.1, -0.05) is 0 Å². The number of carboxylic acid groups (broad SMARTS) is 2. The fraction of sp³-hybridized carbons (Fsp3) is 0.200. The van der Waals surface area contributed by atoms with Gasteiger partial charge in [-0.2, -0.15) is 0 Å². The minimum Gasteiger partial charge on any atom is -0.478 e. The van der Waals surface area contributed by atoms with E-state index in [1.54, 1.807) is 6.92 Å². The smallest absolute Gasteiger partial charge is 0.335 e. The Bertz CT molecular complexity index is 312. The van der Waals surface area contributed by atoms with Crippen molar-refractivity contribution in [1.29, 1.82) is 0 Å². The Balaban J connectivity index is -0.0000000238. The summed E-state index contributed by atoms with van der Waals surface area (Å²) in [7, 11) is 0. The molecule has 0 saturated heterocycles. The Morgan fingerprint density at radius 1 is 0.739 bits per heavy atom. The average Bonchev–Trinajstić information content (AvgIpc) is 2.19. The van der Waals surface area contributed by atoms with E-state index in [-0.39, 0.29) is 94.0 Å². The van der Waals surface area contributed by atoms with Gasteiger partial charge < -0.3 is 48.2 Å². The van der Waals surface area contributed by atoms with Gasteiger partial charge in [-0.15, -0.1) is 0 Å². The first kappa shape index (κ1) is 57.2. The molecule has 23 heavy (non-hydrogen) atoms. The molecular weight excluding hydrogens is 392 g/mol. The predicted molar refractivity (Wildman–Crippen MR) is 74.8 cm³/mol. The number of benzene rings is 1. The van der Waals surface area contributed by atoms with Crippen LogP contribution in [0.15, 0.2) is 24.3 Å². The Labute approximate surface area is 161 Å². The van der Waals surface area contributed by atoms with Crippen LogP contribution in [-0.2, 0) is 43.4 Å². The summed E-state index contributed by atoms with van der Waals surface area (Å²) >= 11 is 0. The number of carboxylic acids is 2. The third-order valence-electron chi connectivity index (χ3n) is 1.38. The zero-order valence-electron chi connectivity index (χ0n) is 12.2. The Kier molecular flexibility index (Phi) is 82.2. The van der Waals surface area contributed by atoms with E-state index in [1.807, 2.05) is 0 Å². The van der Waals surface area contributed by atoms with Gasteiger partial charge in [0.25, 0.3) is 0 Å². The maximum absolute atomic E-state index is 10.3. The summed E-state index contributed by atoms with van der Waals surface area (Å²) in [6.07, 6.45) is 0. The molecule has 0 amide bonds. The van der Waals surface area contributed by atoms with E-state index >= 15 is 0 Å². The van der Waals surface area contributed by atoms with Crippen molar-refractivity contribution >= 4 is 11.9 Å². The van der Waals surface area contributed by atoms with Gasteiger partial charge in [-0.3, -0.25) is 0 Å². The maximum Gasteiger partial charge on any atom is 0.335 e. The van der Waals surface area contributed by atoms with E-state index < -0.39 is 11.9 Å². The first-order valence-corrected chi connectivity index (χ1v) is 4.20. The molecule has 0 unspecified atom stereocenters. The van der Waals surface area contributed by atoms with Crippen LogP contribution < -0.4 is 0 Å². The third kappa shape index (κ3) is 26.5. The van der Waals surface area contributed by atoms with Crippen LogP contribution in [0.3, 0.4) is 0 Å². The van der Waals surface area contributed by atoms with Crippen molar-refractivity contribution in [1.82, 2.24) is 0 Å². The van der Waals surface area contributed by atoms with Gasteiger partial charge in [-0.05, 0) is 31.2 Å². The molecule has 0 aliphatic rings. The van der Waals surface area contributed by atoms with Crippen LogP contribution in [0.25, 0.3) is 0 Å². The number of hydrogen-bond acceptors (Lipinski definition) is 3. The second-order valence-electron chi connectivity index (χ2n) is 2.50. The molecule has 0 spiro atoms. The van der Waals surface area contributed by atoms with Gasteiger partial charge in [0.15, 0.2) is 0 Å². The van der Waals surface area contributed by atoms with Crippen LogP contribution in [0.1, 0.15) is 27.6 Å². The van der Waals surface area contributed by atoms with Crippen molar-refractivity contribution in [3.63, 3.8) is 0 Å². The van der Waals surface area contributed by atoms with Crippen LogP contribution in [0.5, 0.6) is 0 Å². The molecule has 1 aromatic carbocycles. The molecule has 0 aliphatic carbocycles. The molecule has 0 aromatic heterocycles. The molecule has 0 fully saturated rings. The van der Waals surface area contributed by atoms with Crippen molar-refractivity contribution in [2.75, 3.05) is 6.61 Å². The molecule has 0 heterocycles. The van der Waals surface area contributed by atoms with Crippen molar-refractivity contribution < 1.29 is 101 Å². The standard InChI is InChI=1S/C8H6O4.C2H6O.6H2O.2Ti/c9-7(10)5-1-2-6(4-3-5)8(11)12;1-2-3;;;;;;;;/h1-4H,(H,9,10)(H,11,12);3H,2H2,1H3;6*1H2;;. The zero-order valence-corrected chi connectivity index (χ0v) is 15.3. The van der Waals surface area contributed by atoms with Gasteiger partial charge >= 0.3 is 11.9 Å². The first-order chi connectivity index (χ1) is 7.02. The number of aliphatic hydroxyl groups excluding tert-OH is 1. The summed E-state index contributed by atoms with van der Waals surface area (Å²) < 4.78 is 0. The number of aromatic carboxylic acids is 2. The SMILES string of the molecule is CCO.O.O.O.O.O.O.O=C(O)c1ccc(C(=O)O)cc1.[Ti].[Ti]. The Morgan fingerprint density at radius 2 is 0.870 bits per heavy atom. The van der Waals surface area contributed by atoms with E-state index in [1.165, 1.54) is 24.3 Å². The molecule has 0 bridgehead atoms. The summed E-state index contributed by atoms with van der Waals surface area (Å²) in [6, 6.07) is 5.02. The average molecular weight is 416 g/mol. The van der Waals surface area contributed by atoms with E-state index in [0.717, 1.165) is 0 Å². The van der Waals surface area contributed by atoms with Gasteiger partial charge in [0.2, 0.25) is 0 Å². The zero-order chi connectivity index (χ0) is 11.8. The van der Waals surface area contributed by atoms with Gasteiger partial charge in [0.05, 0.1) is 11.1 Å². The molecule has 0 atom stereocenters. The minimum atomic E-state index is -1.06. The van der Waals surface area contributed by atoms with Crippen LogP contribution in [0.2, 0.25) is 0 Å². The molecule has 15 N–H and O–H groups in total. The van der Waals surface area contributed by atoms with E-state index in [0.29, 0.717) is 0 Å². The number of hydrogen-bond donors (Lipinski definition) is 3. The largest absolute Gasteiger partial charge is 0.478 e. The molecule has 138 valence electrons. The molecule has 0 saturated carbocycles. The van der Waals surface area contributed by atoms with Crippen LogP contribution in [0, 0.1) is 0 Å². The van der Waals surface area contributed by atoms with Crippen LogP contribution in [-0.4, -0.2) is 66.7 Å². The molecule has 1 rings (SSSR count). The summed E-state index contributed by atoms with van der Waals surface area (Å²) in [5, 5.41) is 24.5. The predicted octanol–water partition coefficient (Wildman–Crippen LogP) is -3.87. The number of carbonyl (C=O) groups is 2. The van der Waals surface area contributed by atoms with Gasteiger partial charge in [0.1, 0.15) is 0 Å². The Morgan fingerprint density at radius 3 is 0.957 bits per heavy atom. The summed E-state index contributed by atoms with van der Waals surface area (Å²) in [5.74, 6) is -2.13. The van der Waals surface area contributed by atoms with Gasteiger partial charge in [-0.25, -0.2) is 9.59 Å². The summed E-state index contributed by atoms with van der Waals surface area (Å²) in [4.78, 5) is 20.7. The Hall–Kier alpha value is -0.691. The minimum absolute atomic E-state index is 0. The number of rotatable bonds is 2. The number of aliphatic hydroxyl groups is 1. The fourth-order valence-corrected chi connectivity index (χ4v) is 0.755. The van der Waals surface area contributed by atoms with Crippen molar-refractivity contribution in [3.8, 4) is 0 Å². The van der Waals surface area contributed by atoms with Crippen molar-refractivity contribution in [3.05, 3.63) is 35.4 Å². The summed E-state index contributed by atoms with van der Waals surface area (Å²) in [5.41, 5.74) is 0.167. The molecule has 11 nitrogen and oxygen atoms in total. The normalized spacial score (nSPS) is 5.65. The quantitative estimate of drug-likeness (QED) is 0.407. The van der Waals surface area contributed by atoms with Crippen LogP contribution >= 0.6 is 0 Å².